The largest absolute Gasteiger partial charge is 0.469 e. The molecule has 1 aromatic rings. The smallest absolute Gasteiger partial charge is 0.254 e. The molecular formula is C14H21NO3. The van der Waals surface area contributed by atoms with Crippen molar-refractivity contribution in [2.45, 2.75) is 45.1 Å². The van der Waals surface area contributed by atoms with Crippen LogP contribution in [0.2, 0.25) is 0 Å². The van der Waals surface area contributed by atoms with Gasteiger partial charge in [-0.25, -0.2) is 0 Å². The second-order valence-corrected chi connectivity index (χ2v) is 5.55. The number of furan rings is 1. The zero-order chi connectivity index (χ0) is 13.2. The second-order valence-electron chi connectivity index (χ2n) is 5.55. The van der Waals surface area contributed by atoms with Gasteiger partial charge in [0.05, 0.1) is 11.2 Å². The van der Waals surface area contributed by atoms with Gasteiger partial charge in [0.25, 0.3) is 5.91 Å². The summed E-state index contributed by atoms with van der Waals surface area (Å²) in [5, 5.41) is 13.2. The van der Waals surface area contributed by atoms with Crippen LogP contribution in [-0.4, -0.2) is 23.2 Å². The molecule has 2 rings (SSSR count). The lowest BCUT2D eigenvalue weighted by atomic mass is 9.79. The second kappa shape index (κ2) is 5.14. The molecule has 0 bridgehead atoms. The average molecular weight is 251 g/mol. The topological polar surface area (TPSA) is 62.5 Å². The maximum absolute atomic E-state index is 11.8. The van der Waals surface area contributed by atoms with Crippen molar-refractivity contribution in [3.63, 3.8) is 0 Å². The van der Waals surface area contributed by atoms with Gasteiger partial charge in [-0.05, 0) is 31.7 Å². The normalized spacial score (nSPS) is 28.1. The van der Waals surface area contributed by atoms with Crippen LogP contribution in [0.3, 0.4) is 0 Å². The molecule has 100 valence electrons. The fourth-order valence-corrected chi connectivity index (χ4v) is 2.70. The molecule has 1 heterocycles. The third-order valence-electron chi connectivity index (χ3n) is 3.64. The lowest BCUT2D eigenvalue weighted by Crippen LogP contribution is -2.45. The van der Waals surface area contributed by atoms with E-state index in [1.165, 1.54) is 6.26 Å². The number of hydrogen-bond acceptors (Lipinski definition) is 3. The Morgan fingerprint density at radius 3 is 3.06 bits per heavy atom. The summed E-state index contributed by atoms with van der Waals surface area (Å²) in [7, 11) is 0. The number of aliphatic hydroxyl groups is 1. The summed E-state index contributed by atoms with van der Waals surface area (Å²) in [5.74, 6) is 1.06. The summed E-state index contributed by atoms with van der Waals surface area (Å²) in [5.41, 5.74) is -0.230. The number of amides is 1. The first-order valence-corrected chi connectivity index (χ1v) is 6.54. The Labute approximate surface area is 107 Å². The van der Waals surface area contributed by atoms with Crippen molar-refractivity contribution >= 4 is 5.91 Å². The highest BCUT2D eigenvalue weighted by Gasteiger charge is 2.32. The minimum absolute atomic E-state index is 0.182. The molecule has 18 heavy (non-hydrogen) atoms. The summed E-state index contributed by atoms with van der Waals surface area (Å²) in [4.78, 5) is 11.8. The Kier molecular flexibility index (Phi) is 3.76. The van der Waals surface area contributed by atoms with Crippen LogP contribution in [0.4, 0.5) is 0 Å². The highest BCUT2D eigenvalue weighted by molar-refractivity contribution is 5.93. The third-order valence-corrected chi connectivity index (χ3v) is 3.64. The molecule has 4 nitrogen and oxygen atoms in total. The van der Waals surface area contributed by atoms with Crippen molar-refractivity contribution in [1.82, 2.24) is 5.32 Å². The van der Waals surface area contributed by atoms with E-state index in [4.69, 9.17) is 4.42 Å². The lowest BCUT2D eigenvalue weighted by molar-refractivity contribution is -0.0109. The number of nitrogens with one attached hydrogen (secondary N) is 1. The summed E-state index contributed by atoms with van der Waals surface area (Å²) >= 11 is 0. The highest BCUT2D eigenvalue weighted by atomic mass is 16.3. The molecule has 1 saturated carbocycles. The van der Waals surface area contributed by atoms with Crippen molar-refractivity contribution in [2.75, 3.05) is 6.54 Å². The highest BCUT2D eigenvalue weighted by Crippen LogP contribution is 2.31. The van der Waals surface area contributed by atoms with Crippen molar-refractivity contribution in [3.05, 3.63) is 23.7 Å². The van der Waals surface area contributed by atoms with E-state index in [1.807, 2.05) is 0 Å². The summed E-state index contributed by atoms with van der Waals surface area (Å²) < 4.78 is 5.10. The maximum Gasteiger partial charge on any atom is 0.254 e. The van der Waals surface area contributed by atoms with E-state index in [2.05, 4.69) is 12.2 Å². The Morgan fingerprint density at radius 1 is 1.67 bits per heavy atom. The van der Waals surface area contributed by atoms with Crippen LogP contribution >= 0.6 is 0 Å². The van der Waals surface area contributed by atoms with Crippen LogP contribution in [-0.2, 0) is 0 Å². The fraction of sp³-hybridized carbons (Fsp3) is 0.643. The van der Waals surface area contributed by atoms with Gasteiger partial charge in [-0.3, -0.25) is 4.79 Å². The number of carbonyl (C=O) groups excluding carboxylic acids is 1. The van der Waals surface area contributed by atoms with Crippen molar-refractivity contribution in [3.8, 4) is 0 Å². The van der Waals surface area contributed by atoms with E-state index >= 15 is 0 Å². The number of rotatable bonds is 3. The van der Waals surface area contributed by atoms with Gasteiger partial charge < -0.3 is 14.8 Å². The zero-order valence-electron chi connectivity index (χ0n) is 11.0. The Bertz CT molecular complexity index is 426. The minimum Gasteiger partial charge on any atom is -0.469 e. The van der Waals surface area contributed by atoms with E-state index in [0.29, 0.717) is 23.8 Å². The average Bonchev–Trinajstić information content (AvgIpc) is 2.73. The van der Waals surface area contributed by atoms with E-state index < -0.39 is 5.60 Å². The van der Waals surface area contributed by atoms with Crippen LogP contribution in [0.15, 0.2) is 16.7 Å². The molecule has 1 aliphatic carbocycles. The summed E-state index contributed by atoms with van der Waals surface area (Å²) in [6, 6.07) is 1.70. The minimum atomic E-state index is -0.744. The predicted molar refractivity (Wildman–Crippen MR) is 68.4 cm³/mol. The van der Waals surface area contributed by atoms with Crippen molar-refractivity contribution in [1.29, 1.82) is 0 Å². The molecule has 1 fully saturated rings. The third kappa shape index (κ3) is 3.13. The molecule has 1 amide bonds. The van der Waals surface area contributed by atoms with E-state index in [-0.39, 0.29) is 5.91 Å². The molecule has 1 aromatic heterocycles. The number of carbonyl (C=O) groups is 1. The Morgan fingerprint density at radius 2 is 2.44 bits per heavy atom. The van der Waals surface area contributed by atoms with E-state index in [1.54, 1.807) is 13.0 Å². The van der Waals surface area contributed by atoms with E-state index in [0.717, 1.165) is 25.7 Å². The van der Waals surface area contributed by atoms with Gasteiger partial charge in [-0.2, -0.15) is 0 Å². The van der Waals surface area contributed by atoms with Gasteiger partial charge in [-0.1, -0.05) is 19.8 Å². The lowest BCUT2D eigenvalue weighted by Gasteiger charge is -2.35. The molecular weight excluding hydrogens is 230 g/mol. The Balaban J connectivity index is 1.89. The molecule has 0 spiro atoms. The maximum atomic E-state index is 11.8. The molecule has 2 atom stereocenters. The van der Waals surface area contributed by atoms with Crippen LogP contribution in [0.25, 0.3) is 0 Å². The van der Waals surface area contributed by atoms with Gasteiger partial charge in [0.15, 0.2) is 0 Å². The van der Waals surface area contributed by atoms with Crippen LogP contribution in [0.1, 0.15) is 48.7 Å². The van der Waals surface area contributed by atoms with Crippen molar-refractivity contribution in [2.24, 2.45) is 5.92 Å². The van der Waals surface area contributed by atoms with Gasteiger partial charge >= 0.3 is 0 Å². The molecule has 4 heteroatoms. The summed E-state index contributed by atoms with van der Waals surface area (Å²) in [6.07, 6.45) is 5.16. The monoisotopic (exact) mass is 251 g/mol. The zero-order valence-corrected chi connectivity index (χ0v) is 11.0. The van der Waals surface area contributed by atoms with Gasteiger partial charge in [0.2, 0.25) is 0 Å². The molecule has 0 saturated heterocycles. The quantitative estimate of drug-likeness (QED) is 0.866. The van der Waals surface area contributed by atoms with E-state index in [9.17, 15) is 9.90 Å². The number of aryl methyl sites for hydroxylation is 1. The van der Waals surface area contributed by atoms with Gasteiger partial charge in [0.1, 0.15) is 12.0 Å². The first-order chi connectivity index (χ1) is 8.48. The fourth-order valence-electron chi connectivity index (χ4n) is 2.70. The van der Waals surface area contributed by atoms with Crippen molar-refractivity contribution < 1.29 is 14.3 Å². The first-order valence-electron chi connectivity index (χ1n) is 6.54. The molecule has 0 radical (unpaired) electrons. The van der Waals surface area contributed by atoms with Gasteiger partial charge in [-0.15, -0.1) is 0 Å². The molecule has 0 aromatic carbocycles. The molecule has 2 N–H and O–H groups in total. The molecule has 0 aliphatic heterocycles. The first kappa shape index (κ1) is 13.1. The van der Waals surface area contributed by atoms with Crippen LogP contribution < -0.4 is 5.32 Å². The Hall–Kier alpha value is -1.29. The SMILES string of the molecule is Cc1cc(C(=O)NCC2(O)CCCC(C)C2)co1. The summed E-state index contributed by atoms with van der Waals surface area (Å²) in [6.45, 7) is 4.26. The standard InChI is InChI=1S/C14H21NO3/c1-10-4-3-5-14(17,7-10)9-15-13(16)12-6-11(2)18-8-12/h6,8,10,17H,3-5,7,9H2,1-2H3,(H,15,16). The molecule has 2 unspecified atom stereocenters. The van der Waals surface area contributed by atoms with Crippen LogP contribution in [0.5, 0.6) is 0 Å². The predicted octanol–water partition coefficient (Wildman–Crippen LogP) is 2.26. The van der Waals surface area contributed by atoms with Gasteiger partial charge in [0, 0.05) is 6.54 Å². The van der Waals surface area contributed by atoms with Crippen LogP contribution in [0, 0.1) is 12.8 Å². The molecule has 1 aliphatic rings. The number of hydrogen-bond donors (Lipinski definition) is 2.